The number of carbonyl (C=O) groups excluding carboxylic acids is 1. The molecule has 1 unspecified atom stereocenters. The Hall–Kier alpha value is -1.39. The first-order chi connectivity index (χ1) is 8.63. The minimum absolute atomic E-state index is 0.0233. The molecule has 1 aliphatic rings. The molecule has 0 saturated carbocycles. The summed E-state index contributed by atoms with van der Waals surface area (Å²) in [6, 6.07) is 8.29. The number of likely N-dealkylation sites (tertiary alicyclic amines) is 1. The van der Waals surface area contributed by atoms with Crippen molar-refractivity contribution >= 4 is 11.6 Å². The Morgan fingerprint density at radius 3 is 3.00 bits per heavy atom. The molecule has 0 spiro atoms. The van der Waals surface area contributed by atoms with Crippen molar-refractivity contribution in [1.29, 1.82) is 0 Å². The average molecular weight is 247 g/mol. The number of rotatable bonds is 4. The predicted molar refractivity (Wildman–Crippen MR) is 73.7 cm³/mol. The zero-order valence-electron chi connectivity index (χ0n) is 11.1. The third-order valence-electron chi connectivity index (χ3n) is 3.24. The van der Waals surface area contributed by atoms with Crippen LogP contribution in [0.25, 0.3) is 0 Å². The van der Waals surface area contributed by atoms with Gasteiger partial charge < -0.3 is 15.5 Å². The lowest BCUT2D eigenvalue weighted by molar-refractivity contribution is -0.115. The SMILES string of the molecule is Cc1cccc(NC(=O)CNC2CCN(C)C2)c1. The van der Waals surface area contributed by atoms with Crippen molar-refractivity contribution in [3.63, 3.8) is 0 Å². The Kier molecular flexibility index (Phi) is 4.33. The van der Waals surface area contributed by atoms with Crippen LogP contribution < -0.4 is 10.6 Å². The van der Waals surface area contributed by atoms with Crippen molar-refractivity contribution in [2.24, 2.45) is 0 Å². The highest BCUT2D eigenvalue weighted by atomic mass is 16.1. The summed E-state index contributed by atoms with van der Waals surface area (Å²) in [4.78, 5) is 14.0. The molecule has 1 aliphatic heterocycles. The number of anilines is 1. The number of hydrogen-bond acceptors (Lipinski definition) is 3. The van der Waals surface area contributed by atoms with Crippen LogP contribution in [0.15, 0.2) is 24.3 Å². The maximum Gasteiger partial charge on any atom is 0.238 e. The summed E-state index contributed by atoms with van der Waals surface area (Å²) >= 11 is 0. The highest BCUT2D eigenvalue weighted by Gasteiger charge is 2.19. The van der Waals surface area contributed by atoms with E-state index in [0.717, 1.165) is 30.8 Å². The lowest BCUT2D eigenvalue weighted by atomic mass is 10.2. The van der Waals surface area contributed by atoms with Crippen molar-refractivity contribution in [2.75, 3.05) is 32.0 Å². The Morgan fingerprint density at radius 1 is 1.50 bits per heavy atom. The molecule has 18 heavy (non-hydrogen) atoms. The molecule has 1 atom stereocenters. The molecule has 0 aliphatic carbocycles. The van der Waals surface area contributed by atoms with E-state index in [1.165, 1.54) is 0 Å². The maximum absolute atomic E-state index is 11.8. The number of hydrogen-bond donors (Lipinski definition) is 2. The van der Waals surface area contributed by atoms with Crippen LogP contribution in [0.1, 0.15) is 12.0 Å². The zero-order chi connectivity index (χ0) is 13.0. The number of likely N-dealkylation sites (N-methyl/N-ethyl adjacent to an activating group) is 1. The molecule has 1 aromatic rings. The molecule has 98 valence electrons. The molecule has 4 heteroatoms. The average Bonchev–Trinajstić information content (AvgIpc) is 2.73. The van der Waals surface area contributed by atoms with Crippen LogP contribution in [0.4, 0.5) is 5.69 Å². The van der Waals surface area contributed by atoms with Gasteiger partial charge in [0.2, 0.25) is 5.91 Å². The maximum atomic E-state index is 11.8. The van der Waals surface area contributed by atoms with Crippen molar-refractivity contribution < 1.29 is 4.79 Å². The second-order valence-corrected chi connectivity index (χ2v) is 5.05. The van der Waals surface area contributed by atoms with E-state index in [1.807, 2.05) is 31.2 Å². The summed E-state index contributed by atoms with van der Waals surface area (Å²) < 4.78 is 0. The van der Waals surface area contributed by atoms with Gasteiger partial charge in [-0.05, 0) is 44.6 Å². The fourth-order valence-corrected chi connectivity index (χ4v) is 2.27. The number of aryl methyl sites for hydroxylation is 1. The second-order valence-electron chi connectivity index (χ2n) is 5.05. The van der Waals surface area contributed by atoms with E-state index in [2.05, 4.69) is 22.6 Å². The molecular weight excluding hydrogens is 226 g/mol. The van der Waals surface area contributed by atoms with Crippen LogP contribution in [0.2, 0.25) is 0 Å². The molecule has 0 bridgehead atoms. The van der Waals surface area contributed by atoms with Crippen LogP contribution in [-0.4, -0.2) is 43.5 Å². The Morgan fingerprint density at radius 2 is 2.33 bits per heavy atom. The van der Waals surface area contributed by atoms with Gasteiger partial charge in [-0.15, -0.1) is 0 Å². The minimum atomic E-state index is 0.0233. The molecule has 1 heterocycles. The fourth-order valence-electron chi connectivity index (χ4n) is 2.27. The van der Waals surface area contributed by atoms with Gasteiger partial charge in [0.05, 0.1) is 6.54 Å². The van der Waals surface area contributed by atoms with Crippen LogP contribution >= 0.6 is 0 Å². The molecule has 0 aromatic heterocycles. The Bertz CT molecular complexity index is 419. The van der Waals surface area contributed by atoms with Gasteiger partial charge in [0.15, 0.2) is 0 Å². The summed E-state index contributed by atoms with van der Waals surface area (Å²) in [7, 11) is 2.11. The molecule has 0 radical (unpaired) electrons. The number of carbonyl (C=O) groups is 1. The van der Waals surface area contributed by atoms with E-state index in [4.69, 9.17) is 0 Å². The normalized spacial score (nSPS) is 20.0. The molecule has 1 fully saturated rings. The summed E-state index contributed by atoms with van der Waals surface area (Å²) in [6.45, 7) is 4.53. The summed E-state index contributed by atoms with van der Waals surface area (Å²) in [5, 5.41) is 6.20. The predicted octanol–water partition coefficient (Wildman–Crippen LogP) is 1.23. The third kappa shape index (κ3) is 3.82. The number of nitrogens with one attached hydrogen (secondary N) is 2. The number of nitrogens with zero attached hydrogens (tertiary/aromatic N) is 1. The van der Waals surface area contributed by atoms with Gasteiger partial charge in [-0.25, -0.2) is 0 Å². The summed E-state index contributed by atoms with van der Waals surface area (Å²) in [5.41, 5.74) is 2.02. The molecule has 2 N–H and O–H groups in total. The van der Waals surface area contributed by atoms with Crippen LogP contribution in [0.3, 0.4) is 0 Å². The first-order valence-electron chi connectivity index (χ1n) is 6.42. The number of amides is 1. The van der Waals surface area contributed by atoms with E-state index in [-0.39, 0.29) is 5.91 Å². The smallest absolute Gasteiger partial charge is 0.238 e. The van der Waals surface area contributed by atoms with E-state index in [0.29, 0.717) is 12.6 Å². The summed E-state index contributed by atoms with van der Waals surface area (Å²) in [5.74, 6) is 0.0233. The van der Waals surface area contributed by atoms with Gasteiger partial charge in [-0.3, -0.25) is 4.79 Å². The molecule has 2 rings (SSSR count). The van der Waals surface area contributed by atoms with Gasteiger partial charge in [-0.2, -0.15) is 0 Å². The minimum Gasteiger partial charge on any atom is -0.325 e. The number of benzene rings is 1. The standard InChI is InChI=1S/C14H21N3O/c1-11-4-3-5-12(8-11)16-14(18)9-15-13-6-7-17(2)10-13/h3-5,8,13,15H,6-7,9-10H2,1-2H3,(H,16,18). The monoisotopic (exact) mass is 247 g/mol. The van der Waals surface area contributed by atoms with Gasteiger partial charge in [0.1, 0.15) is 0 Å². The van der Waals surface area contributed by atoms with Crippen LogP contribution in [-0.2, 0) is 4.79 Å². The third-order valence-corrected chi connectivity index (χ3v) is 3.24. The molecule has 4 nitrogen and oxygen atoms in total. The molecule has 1 aromatic carbocycles. The quantitative estimate of drug-likeness (QED) is 0.841. The van der Waals surface area contributed by atoms with E-state index in [9.17, 15) is 4.79 Å². The molecular formula is C14H21N3O. The van der Waals surface area contributed by atoms with Crippen molar-refractivity contribution in [3.05, 3.63) is 29.8 Å². The van der Waals surface area contributed by atoms with E-state index >= 15 is 0 Å². The van der Waals surface area contributed by atoms with Crippen LogP contribution in [0.5, 0.6) is 0 Å². The Labute approximate surface area is 108 Å². The summed E-state index contributed by atoms with van der Waals surface area (Å²) in [6.07, 6.45) is 1.12. The highest BCUT2D eigenvalue weighted by molar-refractivity contribution is 5.92. The second kappa shape index (κ2) is 5.98. The van der Waals surface area contributed by atoms with Gasteiger partial charge in [-0.1, -0.05) is 12.1 Å². The first kappa shape index (κ1) is 13.1. The van der Waals surface area contributed by atoms with Crippen molar-refractivity contribution in [2.45, 2.75) is 19.4 Å². The topological polar surface area (TPSA) is 44.4 Å². The largest absolute Gasteiger partial charge is 0.325 e. The molecule has 1 amide bonds. The fraction of sp³-hybridized carbons (Fsp3) is 0.500. The highest BCUT2D eigenvalue weighted by Crippen LogP contribution is 2.09. The molecule has 1 saturated heterocycles. The van der Waals surface area contributed by atoms with Crippen LogP contribution in [0, 0.1) is 6.92 Å². The lowest BCUT2D eigenvalue weighted by Crippen LogP contribution is -2.37. The first-order valence-corrected chi connectivity index (χ1v) is 6.42. The van der Waals surface area contributed by atoms with Crippen molar-refractivity contribution in [3.8, 4) is 0 Å². The van der Waals surface area contributed by atoms with E-state index in [1.54, 1.807) is 0 Å². The van der Waals surface area contributed by atoms with Gasteiger partial charge in [0, 0.05) is 18.3 Å². The van der Waals surface area contributed by atoms with E-state index < -0.39 is 0 Å². The lowest BCUT2D eigenvalue weighted by Gasteiger charge is -2.12. The zero-order valence-corrected chi connectivity index (χ0v) is 11.1. The van der Waals surface area contributed by atoms with Crippen molar-refractivity contribution in [1.82, 2.24) is 10.2 Å². The Balaban J connectivity index is 1.75. The van der Waals surface area contributed by atoms with Gasteiger partial charge in [0.25, 0.3) is 0 Å². The van der Waals surface area contributed by atoms with Gasteiger partial charge >= 0.3 is 0 Å².